The van der Waals surface area contributed by atoms with Gasteiger partial charge in [0.1, 0.15) is 12.6 Å². The fourth-order valence-electron chi connectivity index (χ4n) is 12.5. The highest BCUT2D eigenvalue weighted by atomic mass is 16.6. The van der Waals surface area contributed by atoms with Gasteiger partial charge in [-0.15, -0.1) is 0 Å². The van der Waals surface area contributed by atoms with Crippen LogP contribution in [0.25, 0.3) is 21.5 Å². The topological polar surface area (TPSA) is 208 Å². The lowest BCUT2D eigenvalue weighted by molar-refractivity contribution is -0.383. The van der Waals surface area contributed by atoms with Gasteiger partial charge in [-0.25, -0.2) is 4.63 Å². The van der Waals surface area contributed by atoms with Crippen molar-refractivity contribution in [2.75, 3.05) is 51.0 Å². The fourth-order valence-corrected chi connectivity index (χ4v) is 12.5. The maximum Gasteiger partial charge on any atom is 0.305 e. The molecule has 0 spiro atoms. The molecule has 5 aliphatic rings. The largest absolute Gasteiger partial charge is 0.463 e. The van der Waals surface area contributed by atoms with E-state index in [1.165, 1.54) is 44.6 Å². The third-order valence-corrected chi connectivity index (χ3v) is 15.3. The average Bonchev–Trinajstić information content (AvgIpc) is 3.97. The van der Waals surface area contributed by atoms with Crippen LogP contribution < -0.4 is 10.2 Å². The fraction of sp³-hybridized carbons (Fsp3) is 0.805. The minimum atomic E-state index is -0.490. The zero-order valence-electron chi connectivity index (χ0n) is 33.8. The number of nitrogens with zero attached hydrogens (tertiary/aromatic N) is 7. The second-order valence-corrected chi connectivity index (χ2v) is 18.0. The molecule has 2 unspecified atom stereocenters. The second-order valence-electron chi connectivity index (χ2n) is 18.0. The summed E-state index contributed by atoms with van der Waals surface area (Å²) in [5.74, 6) is 3.72. The molecule has 10 atom stereocenters. The van der Waals surface area contributed by atoms with Crippen LogP contribution in [0.3, 0.4) is 0 Å². The number of nitro groups is 1. The van der Waals surface area contributed by atoms with Gasteiger partial charge >= 0.3 is 11.7 Å². The number of fused-ring (bicyclic) bond motifs is 6. The van der Waals surface area contributed by atoms with Crippen molar-refractivity contribution in [1.82, 2.24) is 15.6 Å². The van der Waals surface area contributed by atoms with Gasteiger partial charge in [-0.2, -0.15) is 0 Å². The Kier molecular flexibility index (Phi) is 12.9. The van der Waals surface area contributed by atoms with E-state index >= 15 is 0 Å². The molecule has 2 heterocycles. The Hall–Kier alpha value is -4.01. The lowest BCUT2D eigenvalue weighted by Gasteiger charge is -2.61. The van der Waals surface area contributed by atoms with Gasteiger partial charge in [0.25, 0.3) is 0 Å². The minimum absolute atomic E-state index is 0.0259. The molecule has 0 radical (unpaired) electrons. The van der Waals surface area contributed by atoms with Crippen LogP contribution in [-0.2, 0) is 23.8 Å². The number of aromatic nitrogens is 2. The smallest absolute Gasteiger partial charge is 0.305 e. The summed E-state index contributed by atoms with van der Waals surface area (Å²) in [5, 5.41) is 26.2. The Labute approximate surface area is 334 Å². The van der Waals surface area contributed by atoms with Gasteiger partial charge in [0.2, 0.25) is 11.4 Å². The number of benzene rings is 1. The van der Waals surface area contributed by atoms with Crippen LogP contribution in [0.15, 0.2) is 21.9 Å². The summed E-state index contributed by atoms with van der Waals surface area (Å²) in [6.45, 7) is 10.2. The van der Waals surface area contributed by atoms with Crippen molar-refractivity contribution in [3.63, 3.8) is 0 Å². The van der Waals surface area contributed by atoms with E-state index in [-0.39, 0.29) is 47.2 Å². The molecule has 1 aliphatic heterocycles. The van der Waals surface area contributed by atoms with Crippen LogP contribution in [-0.4, -0.2) is 85.3 Å². The maximum atomic E-state index is 13.9. The van der Waals surface area contributed by atoms with Crippen LogP contribution in [0.5, 0.6) is 0 Å². The first kappa shape index (κ1) is 41.2. The summed E-state index contributed by atoms with van der Waals surface area (Å²) in [5.41, 5.74) is 9.79. The second kappa shape index (κ2) is 17.9. The van der Waals surface area contributed by atoms with Crippen molar-refractivity contribution < 1.29 is 33.4 Å². The molecule has 57 heavy (non-hydrogen) atoms. The summed E-state index contributed by atoms with van der Waals surface area (Å²) < 4.78 is 21.2. The van der Waals surface area contributed by atoms with Gasteiger partial charge in [-0.05, 0) is 145 Å². The Morgan fingerprint density at radius 3 is 2.58 bits per heavy atom. The molecule has 4 saturated carbocycles. The number of nitrogens with one attached hydrogen (secondary N) is 1. The quantitative estimate of drug-likeness (QED) is 0.0315. The first-order valence-electron chi connectivity index (χ1n) is 21.3. The molecule has 7 rings (SSSR count). The van der Waals surface area contributed by atoms with E-state index in [4.69, 9.17) is 24.4 Å². The molecule has 2 aromatic rings. The number of amides is 1. The van der Waals surface area contributed by atoms with Gasteiger partial charge in [0, 0.05) is 36.5 Å². The van der Waals surface area contributed by atoms with Crippen LogP contribution in [0.4, 0.5) is 11.4 Å². The zero-order chi connectivity index (χ0) is 40.2. The van der Waals surface area contributed by atoms with E-state index in [9.17, 15) is 19.7 Å². The number of carbonyl (C=O) groups excluding carboxylic acids is 2. The first-order valence-corrected chi connectivity index (χ1v) is 21.3. The van der Waals surface area contributed by atoms with Gasteiger partial charge < -0.3 is 24.4 Å². The molecular weight excluding hydrogens is 732 g/mol. The lowest BCUT2D eigenvalue weighted by Crippen LogP contribution is -2.56. The van der Waals surface area contributed by atoms with E-state index in [0.29, 0.717) is 92.6 Å². The number of nitro benzene ring substituents is 1. The summed E-state index contributed by atoms with van der Waals surface area (Å²) >= 11 is 0. The summed E-state index contributed by atoms with van der Waals surface area (Å²) in [4.78, 5) is 42.3. The SMILES string of the molecule is C[C@H](CCC(=O)OCCOCCOCCN=[N+]=[N-])C1CC[C@H]2[C@@H]3CC[C@@H]4C[C@H](NC(=O)C5CCCN5c5ccc([N+](=O)[O-])c6nonc56)CC[C@]4(C)[C@H]3CC[C@]12C. The van der Waals surface area contributed by atoms with E-state index in [1.54, 1.807) is 6.07 Å². The number of non-ortho nitro benzene ring substituents is 1. The van der Waals surface area contributed by atoms with Crippen LogP contribution in [0.2, 0.25) is 0 Å². The van der Waals surface area contributed by atoms with E-state index in [0.717, 1.165) is 43.9 Å². The molecule has 1 aromatic carbocycles. The molecule has 16 heteroatoms. The third kappa shape index (κ3) is 8.45. The third-order valence-electron chi connectivity index (χ3n) is 15.3. The number of hydrogen-bond donors (Lipinski definition) is 1. The average molecular weight is 793 g/mol. The predicted octanol–water partition coefficient (Wildman–Crippen LogP) is 7.55. The number of azide groups is 1. The molecular formula is C41H60N8O8. The number of ether oxygens (including phenoxy) is 3. The van der Waals surface area contributed by atoms with Gasteiger partial charge in [-0.1, -0.05) is 25.9 Å². The number of anilines is 1. The Morgan fingerprint density at radius 2 is 1.77 bits per heavy atom. The van der Waals surface area contributed by atoms with Crippen molar-refractivity contribution in [2.24, 2.45) is 51.5 Å². The lowest BCUT2D eigenvalue weighted by atomic mass is 9.44. The van der Waals surface area contributed by atoms with E-state index in [1.807, 2.05) is 4.90 Å². The monoisotopic (exact) mass is 792 g/mol. The standard InChI is InChI=1S/C41H60N8O8/c1-26(6-13-36(50)56-24-23-55-22-21-54-20-18-43-47-42)30-9-10-31-29-8-7-27-25-28(14-16-40(27,2)32(29)15-17-41(30,31)3)44-39(51)35-5-4-19-48(35)33-11-12-34(49(52)53)38-37(33)45-57-46-38/h11-12,26-32,35H,4-10,13-25H2,1-3H3,(H,44,51)/t26-,27-,28-,29+,30?,31+,32+,35?,40+,41-/m1/s1. The summed E-state index contributed by atoms with van der Waals surface area (Å²) in [6.07, 6.45) is 13.5. The van der Waals surface area contributed by atoms with Gasteiger partial charge in [0.05, 0.1) is 37.0 Å². The number of esters is 1. The maximum absolute atomic E-state index is 13.9. The minimum Gasteiger partial charge on any atom is -0.463 e. The van der Waals surface area contributed by atoms with E-state index in [2.05, 4.69) is 46.4 Å². The number of hydrogen-bond acceptors (Lipinski definition) is 12. The summed E-state index contributed by atoms with van der Waals surface area (Å²) in [7, 11) is 0. The Balaban J connectivity index is 0.875. The van der Waals surface area contributed by atoms with Gasteiger partial charge in [0.15, 0.2) is 5.52 Å². The molecule has 0 bridgehead atoms. The van der Waals surface area contributed by atoms with Crippen molar-refractivity contribution in [1.29, 1.82) is 0 Å². The molecule has 16 nitrogen and oxygen atoms in total. The van der Waals surface area contributed by atoms with Crippen LogP contribution in [0.1, 0.15) is 104 Å². The summed E-state index contributed by atoms with van der Waals surface area (Å²) in [6, 6.07) is 2.87. The highest BCUT2D eigenvalue weighted by Gasteiger charge is 2.60. The molecule has 1 saturated heterocycles. The molecule has 312 valence electrons. The van der Waals surface area contributed by atoms with Crippen LogP contribution in [0, 0.1) is 56.5 Å². The van der Waals surface area contributed by atoms with E-state index < -0.39 is 4.92 Å². The van der Waals surface area contributed by atoms with Crippen LogP contribution >= 0.6 is 0 Å². The highest BCUT2D eigenvalue weighted by Crippen LogP contribution is 2.68. The Morgan fingerprint density at radius 1 is 1.02 bits per heavy atom. The number of carbonyl (C=O) groups is 2. The predicted molar refractivity (Wildman–Crippen MR) is 211 cm³/mol. The first-order chi connectivity index (χ1) is 27.5. The van der Waals surface area contributed by atoms with Crippen molar-refractivity contribution >= 4 is 34.3 Å². The normalized spacial score (nSPS) is 32.5. The molecule has 1 amide bonds. The zero-order valence-corrected chi connectivity index (χ0v) is 33.8. The molecule has 5 fully saturated rings. The van der Waals surface area contributed by atoms with Crippen molar-refractivity contribution in [3.8, 4) is 0 Å². The molecule has 1 N–H and O–H groups in total. The Bertz CT molecular complexity index is 1800. The van der Waals surface area contributed by atoms with Crippen molar-refractivity contribution in [2.45, 2.75) is 116 Å². The number of rotatable bonds is 17. The highest BCUT2D eigenvalue weighted by molar-refractivity contribution is 5.96. The molecule has 4 aliphatic carbocycles. The molecule has 1 aromatic heterocycles. The van der Waals surface area contributed by atoms with Gasteiger partial charge in [-0.3, -0.25) is 19.7 Å². The van der Waals surface area contributed by atoms with Crippen molar-refractivity contribution in [3.05, 3.63) is 32.7 Å².